The smallest absolute Gasteiger partial charge is 0.412 e. The van der Waals surface area contributed by atoms with E-state index in [9.17, 15) is 0 Å². The van der Waals surface area contributed by atoms with Crippen LogP contribution in [0.15, 0.2) is 0 Å². The molecule has 0 rings (SSSR count). The molecule has 3 heteroatoms. The molecule has 0 fully saturated rings. The van der Waals surface area contributed by atoms with Crippen molar-refractivity contribution in [2.45, 2.75) is 49.9 Å². The van der Waals surface area contributed by atoms with Crippen molar-refractivity contribution in [1.29, 1.82) is 0 Å². The first-order valence-electron chi connectivity index (χ1n) is 4.06. The van der Waals surface area contributed by atoms with E-state index >= 15 is 0 Å². The summed E-state index contributed by atoms with van der Waals surface area (Å²) in [4.78, 5) is 0. The minimum Gasteiger partial charge on any atom is -0.412 e. The Labute approximate surface area is 83.5 Å². The minimum absolute atomic E-state index is 0. The van der Waals surface area contributed by atoms with Crippen LogP contribution < -0.4 is 0 Å². The van der Waals surface area contributed by atoms with Gasteiger partial charge in [-0.3, -0.25) is 0 Å². The van der Waals surface area contributed by atoms with Gasteiger partial charge in [0.05, 0.1) is 0 Å². The van der Waals surface area contributed by atoms with Gasteiger partial charge in [-0.15, -0.1) is 0 Å². The van der Waals surface area contributed by atoms with Gasteiger partial charge in [0.1, 0.15) is 0 Å². The summed E-state index contributed by atoms with van der Waals surface area (Å²) < 4.78 is 1.46. The SMILES string of the molecule is CCCCCCC[CH2][Sn].O.O. The Morgan fingerprint density at radius 3 is 1.73 bits per heavy atom. The van der Waals surface area contributed by atoms with E-state index < -0.39 is 0 Å². The van der Waals surface area contributed by atoms with Gasteiger partial charge >= 0.3 is 72.4 Å². The van der Waals surface area contributed by atoms with E-state index in [4.69, 9.17) is 0 Å². The molecular weight excluding hydrogens is 247 g/mol. The van der Waals surface area contributed by atoms with Crippen LogP contribution in [0, 0.1) is 0 Å². The molecule has 0 heterocycles. The summed E-state index contributed by atoms with van der Waals surface area (Å²) in [6.45, 7) is 2.27. The maximum Gasteiger partial charge on any atom is -0.412 e. The largest absolute Gasteiger partial charge is 0.412 e. The average Bonchev–Trinajstić information content (AvgIpc) is 1.89. The van der Waals surface area contributed by atoms with Crippen molar-refractivity contribution in [3.8, 4) is 0 Å². The summed E-state index contributed by atoms with van der Waals surface area (Å²) >= 11 is 1.71. The molecule has 0 aromatic carbocycles. The molecule has 2 nitrogen and oxygen atoms in total. The van der Waals surface area contributed by atoms with Crippen molar-refractivity contribution < 1.29 is 11.0 Å². The topological polar surface area (TPSA) is 63.0 Å². The fourth-order valence-corrected chi connectivity index (χ4v) is 1.62. The third kappa shape index (κ3) is 18.0. The second-order valence-electron chi connectivity index (χ2n) is 2.52. The van der Waals surface area contributed by atoms with Gasteiger partial charge in [0.15, 0.2) is 0 Å². The van der Waals surface area contributed by atoms with E-state index in [0.29, 0.717) is 0 Å². The van der Waals surface area contributed by atoms with E-state index in [1.807, 2.05) is 0 Å². The predicted octanol–water partition coefficient (Wildman–Crippen LogP) is 1.28. The van der Waals surface area contributed by atoms with Gasteiger partial charge in [-0.25, -0.2) is 0 Å². The van der Waals surface area contributed by atoms with Gasteiger partial charge in [0, 0.05) is 0 Å². The average molecular weight is 268 g/mol. The Kier molecular flexibility index (Phi) is 27.4. The second kappa shape index (κ2) is 17.0. The molecule has 0 bridgehead atoms. The predicted molar refractivity (Wildman–Crippen MR) is 51.2 cm³/mol. The summed E-state index contributed by atoms with van der Waals surface area (Å²) in [7, 11) is 0. The maximum absolute atomic E-state index is 2.27. The van der Waals surface area contributed by atoms with Crippen LogP contribution in [0.4, 0.5) is 0 Å². The van der Waals surface area contributed by atoms with Gasteiger partial charge in [0.2, 0.25) is 0 Å². The number of hydrogen-bond donors (Lipinski definition) is 0. The summed E-state index contributed by atoms with van der Waals surface area (Å²) in [6, 6.07) is 0. The first kappa shape index (κ1) is 17.7. The van der Waals surface area contributed by atoms with Crippen molar-refractivity contribution in [2.75, 3.05) is 0 Å². The van der Waals surface area contributed by atoms with Crippen molar-refractivity contribution in [3.63, 3.8) is 0 Å². The molecule has 4 N–H and O–H groups in total. The van der Waals surface area contributed by atoms with Crippen molar-refractivity contribution in [1.82, 2.24) is 0 Å². The monoisotopic (exact) mass is 269 g/mol. The quantitative estimate of drug-likeness (QED) is 0.514. The normalized spacial score (nSPS) is 8.18. The molecule has 0 amide bonds. The Morgan fingerprint density at radius 1 is 0.818 bits per heavy atom. The van der Waals surface area contributed by atoms with Crippen LogP contribution in [0.5, 0.6) is 0 Å². The van der Waals surface area contributed by atoms with Crippen molar-refractivity contribution in [2.24, 2.45) is 0 Å². The summed E-state index contributed by atoms with van der Waals surface area (Å²) in [5.74, 6) is 0. The molecule has 0 aliphatic heterocycles. The second-order valence-corrected chi connectivity index (χ2v) is 3.94. The summed E-state index contributed by atoms with van der Waals surface area (Å²) in [6.07, 6.45) is 8.71. The summed E-state index contributed by atoms with van der Waals surface area (Å²) in [5.41, 5.74) is 0. The first-order chi connectivity index (χ1) is 4.41. The van der Waals surface area contributed by atoms with Gasteiger partial charge < -0.3 is 11.0 Å². The standard InChI is InChI=1S/C8H17.2H2O.Sn/c1-3-5-7-8-6-4-2;;;/h1,3-8H2,2H3;2*1H2;. The molecule has 0 saturated carbocycles. The van der Waals surface area contributed by atoms with Crippen molar-refractivity contribution in [3.05, 3.63) is 0 Å². The van der Waals surface area contributed by atoms with E-state index in [-0.39, 0.29) is 11.0 Å². The minimum atomic E-state index is 0. The van der Waals surface area contributed by atoms with Crippen LogP contribution in [0.3, 0.4) is 0 Å². The molecule has 0 saturated heterocycles. The van der Waals surface area contributed by atoms with Crippen molar-refractivity contribution >= 4 is 22.5 Å². The van der Waals surface area contributed by atoms with E-state index in [2.05, 4.69) is 6.92 Å². The third-order valence-electron chi connectivity index (χ3n) is 1.53. The molecule has 0 aliphatic rings. The van der Waals surface area contributed by atoms with Crippen LogP contribution in [-0.4, -0.2) is 33.5 Å². The van der Waals surface area contributed by atoms with Crippen LogP contribution in [0.2, 0.25) is 4.44 Å². The van der Waals surface area contributed by atoms with Crippen LogP contribution in [0.25, 0.3) is 0 Å². The number of hydrogen-bond acceptors (Lipinski definition) is 0. The van der Waals surface area contributed by atoms with Crippen LogP contribution in [-0.2, 0) is 0 Å². The zero-order valence-electron chi connectivity index (χ0n) is 7.45. The zero-order valence-corrected chi connectivity index (χ0v) is 10.3. The van der Waals surface area contributed by atoms with Gasteiger partial charge in [0.25, 0.3) is 0 Å². The van der Waals surface area contributed by atoms with Crippen LogP contribution in [0.1, 0.15) is 45.4 Å². The fourth-order valence-electron chi connectivity index (χ4n) is 0.905. The molecular formula is C8H21O2Sn. The van der Waals surface area contributed by atoms with Crippen LogP contribution >= 0.6 is 0 Å². The van der Waals surface area contributed by atoms with E-state index in [1.165, 1.54) is 43.0 Å². The Hall–Kier alpha value is 0.719. The Morgan fingerprint density at radius 2 is 1.27 bits per heavy atom. The molecule has 11 heavy (non-hydrogen) atoms. The molecule has 69 valence electrons. The molecule has 0 spiro atoms. The van der Waals surface area contributed by atoms with E-state index in [1.54, 1.807) is 22.5 Å². The Balaban J connectivity index is -0.000000320. The van der Waals surface area contributed by atoms with Gasteiger partial charge in [-0.1, -0.05) is 0 Å². The molecule has 0 atom stereocenters. The summed E-state index contributed by atoms with van der Waals surface area (Å²) in [5, 5.41) is 0. The molecule has 0 unspecified atom stereocenters. The molecule has 0 aliphatic carbocycles. The third-order valence-corrected chi connectivity index (χ3v) is 2.54. The van der Waals surface area contributed by atoms with E-state index in [0.717, 1.165) is 0 Å². The molecule has 3 radical (unpaired) electrons. The van der Waals surface area contributed by atoms with Gasteiger partial charge in [-0.05, 0) is 0 Å². The Bertz CT molecular complexity index is 45.4. The first-order valence-corrected chi connectivity index (χ1v) is 6.08. The number of rotatable bonds is 6. The number of unbranched alkanes of at least 4 members (excludes halogenated alkanes) is 5. The molecule has 0 aromatic heterocycles. The zero-order chi connectivity index (χ0) is 6.95. The maximum atomic E-state index is 2.27. The fraction of sp³-hybridized carbons (Fsp3) is 1.00. The molecule has 0 aromatic rings. The van der Waals surface area contributed by atoms with Gasteiger partial charge in [-0.2, -0.15) is 0 Å².